The van der Waals surface area contributed by atoms with E-state index in [0.717, 1.165) is 22.3 Å². The lowest BCUT2D eigenvalue weighted by Gasteiger charge is -2.27. The van der Waals surface area contributed by atoms with Gasteiger partial charge in [-0.1, -0.05) is 42.5 Å². The molecule has 1 unspecified atom stereocenters. The number of carbonyl (C=O) groups is 1. The van der Waals surface area contributed by atoms with Crippen molar-refractivity contribution in [3.8, 4) is 11.1 Å². The van der Waals surface area contributed by atoms with Gasteiger partial charge < -0.3 is 4.74 Å². The van der Waals surface area contributed by atoms with Crippen molar-refractivity contribution in [3.05, 3.63) is 90.0 Å². The number of amides is 1. The zero-order valence-corrected chi connectivity index (χ0v) is 16.8. The number of aromatic nitrogens is 1. The molecular formula is C24H25FN2O3. The van der Waals surface area contributed by atoms with Gasteiger partial charge in [-0.05, 0) is 53.8 Å². The molecule has 0 saturated heterocycles. The Labute approximate surface area is 175 Å². The second kappa shape index (κ2) is 10.6. The van der Waals surface area contributed by atoms with Crippen LogP contribution >= 0.6 is 0 Å². The van der Waals surface area contributed by atoms with Crippen LogP contribution in [0.15, 0.2) is 73.1 Å². The van der Waals surface area contributed by atoms with Crippen molar-refractivity contribution in [2.24, 2.45) is 0 Å². The van der Waals surface area contributed by atoms with Crippen molar-refractivity contribution in [3.63, 3.8) is 0 Å². The molecule has 0 aliphatic rings. The van der Waals surface area contributed by atoms with E-state index in [9.17, 15) is 9.18 Å². The molecule has 2 N–H and O–H groups in total. The Morgan fingerprint density at radius 3 is 2.43 bits per heavy atom. The highest BCUT2D eigenvalue weighted by atomic mass is 19.1. The maximum absolute atomic E-state index is 13.5. The minimum absolute atomic E-state index is 0.000150. The maximum atomic E-state index is 13.5. The van der Waals surface area contributed by atoms with Gasteiger partial charge >= 0.3 is 0 Å². The first-order chi connectivity index (χ1) is 14.6. The Hall–Kier alpha value is -3.09. The fraction of sp³-hybridized carbons (Fsp3) is 0.250. The molecule has 2 aromatic carbocycles. The van der Waals surface area contributed by atoms with Gasteiger partial charge in [0.05, 0.1) is 12.5 Å². The summed E-state index contributed by atoms with van der Waals surface area (Å²) in [5, 5.41) is 8.96. The molecule has 1 amide bonds. The predicted molar refractivity (Wildman–Crippen MR) is 112 cm³/mol. The van der Waals surface area contributed by atoms with Gasteiger partial charge in [-0.2, -0.15) is 0 Å². The summed E-state index contributed by atoms with van der Waals surface area (Å²) in [6.45, 7) is 2.27. The van der Waals surface area contributed by atoms with Crippen LogP contribution < -0.4 is 5.48 Å². The first-order valence-electron chi connectivity index (χ1n) is 9.90. The maximum Gasteiger partial charge on any atom is 0.245 e. The highest BCUT2D eigenvalue weighted by molar-refractivity contribution is 5.75. The van der Waals surface area contributed by atoms with Crippen LogP contribution in [0.25, 0.3) is 11.1 Å². The molecule has 0 aliphatic carbocycles. The smallest absolute Gasteiger partial charge is 0.245 e. The van der Waals surface area contributed by atoms with Gasteiger partial charge in [0.15, 0.2) is 0 Å². The molecule has 156 valence electrons. The number of ether oxygens (including phenoxy) is 1. The van der Waals surface area contributed by atoms with Gasteiger partial charge in [0.1, 0.15) is 5.82 Å². The normalized spacial score (nSPS) is 12.9. The van der Waals surface area contributed by atoms with Gasteiger partial charge in [0.25, 0.3) is 0 Å². The van der Waals surface area contributed by atoms with Gasteiger partial charge in [-0.3, -0.25) is 15.0 Å². The SMILES string of the molecule is CCO[C@H](CC(=O)NO)C(Cc1ccc(-c2cccnc2)cc1)c1ccc(F)cc1. The number of nitrogens with zero attached hydrogens (tertiary/aromatic N) is 1. The second-order valence-electron chi connectivity index (χ2n) is 7.03. The monoisotopic (exact) mass is 408 g/mol. The minimum atomic E-state index is -0.521. The number of benzene rings is 2. The topological polar surface area (TPSA) is 71.5 Å². The quantitative estimate of drug-likeness (QED) is 0.404. The van der Waals surface area contributed by atoms with E-state index in [2.05, 4.69) is 4.98 Å². The zero-order valence-electron chi connectivity index (χ0n) is 16.8. The molecule has 5 nitrogen and oxygen atoms in total. The van der Waals surface area contributed by atoms with E-state index in [0.29, 0.717) is 13.0 Å². The van der Waals surface area contributed by atoms with Crippen molar-refractivity contribution >= 4 is 5.91 Å². The molecule has 0 fully saturated rings. The van der Waals surface area contributed by atoms with Crippen LogP contribution in [0.1, 0.15) is 30.4 Å². The third kappa shape index (κ3) is 5.72. The van der Waals surface area contributed by atoms with Gasteiger partial charge in [-0.25, -0.2) is 9.87 Å². The van der Waals surface area contributed by atoms with E-state index in [1.165, 1.54) is 12.1 Å². The lowest BCUT2D eigenvalue weighted by Crippen LogP contribution is -2.31. The van der Waals surface area contributed by atoms with Crippen LogP contribution in [0.3, 0.4) is 0 Å². The second-order valence-corrected chi connectivity index (χ2v) is 7.03. The average Bonchev–Trinajstić information content (AvgIpc) is 2.79. The number of halogens is 1. The summed E-state index contributed by atoms with van der Waals surface area (Å²) in [5.74, 6) is -1.03. The summed E-state index contributed by atoms with van der Waals surface area (Å²) in [4.78, 5) is 16.0. The van der Waals surface area contributed by atoms with Gasteiger partial charge in [-0.15, -0.1) is 0 Å². The van der Waals surface area contributed by atoms with Crippen molar-refractivity contribution in [1.82, 2.24) is 10.5 Å². The largest absolute Gasteiger partial charge is 0.377 e. The molecule has 0 aliphatic heterocycles. The standard InChI is InChI=1S/C24H25FN2O3/c1-2-30-23(15-24(28)27-29)22(19-9-11-21(25)12-10-19)14-17-5-7-18(8-6-17)20-4-3-13-26-16-20/h3-13,16,22-23,29H,2,14-15H2,1H3,(H,27,28)/t22?,23-/m1/s1. The Morgan fingerprint density at radius 2 is 1.83 bits per heavy atom. The van der Waals surface area contributed by atoms with Crippen LogP contribution in [0.5, 0.6) is 0 Å². The number of hydrogen-bond acceptors (Lipinski definition) is 4. The summed E-state index contributed by atoms with van der Waals surface area (Å²) >= 11 is 0. The zero-order chi connectivity index (χ0) is 21.3. The third-order valence-electron chi connectivity index (χ3n) is 5.04. The molecule has 30 heavy (non-hydrogen) atoms. The molecule has 1 heterocycles. The van der Waals surface area contributed by atoms with Crippen LogP contribution in [-0.2, 0) is 16.0 Å². The summed E-state index contributed by atoms with van der Waals surface area (Å²) in [6, 6.07) is 18.3. The molecular weight excluding hydrogens is 383 g/mol. The summed E-state index contributed by atoms with van der Waals surface area (Å²) < 4.78 is 19.3. The van der Waals surface area contributed by atoms with Crippen molar-refractivity contribution in [2.75, 3.05) is 6.61 Å². The predicted octanol–water partition coefficient (Wildman–Crippen LogP) is 4.51. The van der Waals surface area contributed by atoms with E-state index >= 15 is 0 Å². The van der Waals surface area contributed by atoms with E-state index < -0.39 is 12.0 Å². The van der Waals surface area contributed by atoms with Crippen molar-refractivity contribution < 1.29 is 19.1 Å². The molecule has 3 rings (SSSR count). The molecule has 6 heteroatoms. The molecule has 2 atom stereocenters. The summed E-state index contributed by atoms with van der Waals surface area (Å²) in [6.07, 6.45) is 3.68. The number of pyridine rings is 1. The van der Waals surface area contributed by atoms with E-state index in [1.54, 1.807) is 23.8 Å². The van der Waals surface area contributed by atoms with E-state index in [4.69, 9.17) is 9.94 Å². The Kier molecular flexibility index (Phi) is 7.65. The van der Waals surface area contributed by atoms with Crippen LogP contribution in [0, 0.1) is 5.82 Å². The fourth-order valence-electron chi connectivity index (χ4n) is 3.55. The summed E-state index contributed by atoms with van der Waals surface area (Å²) in [5.41, 5.74) is 5.70. The molecule has 0 radical (unpaired) electrons. The molecule has 0 saturated carbocycles. The number of carbonyl (C=O) groups excluding carboxylic acids is 1. The Bertz CT molecular complexity index is 931. The summed E-state index contributed by atoms with van der Waals surface area (Å²) in [7, 11) is 0. The Balaban J connectivity index is 1.87. The molecule has 0 spiro atoms. The average molecular weight is 408 g/mol. The highest BCUT2D eigenvalue weighted by Crippen LogP contribution is 2.30. The first kappa shape index (κ1) is 21.6. The molecule has 1 aromatic heterocycles. The van der Waals surface area contributed by atoms with E-state index in [-0.39, 0.29) is 18.2 Å². The van der Waals surface area contributed by atoms with Gasteiger partial charge in [0.2, 0.25) is 5.91 Å². The molecule has 3 aromatic rings. The van der Waals surface area contributed by atoms with Crippen LogP contribution in [-0.4, -0.2) is 28.8 Å². The lowest BCUT2D eigenvalue weighted by atomic mass is 9.85. The minimum Gasteiger partial charge on any atom is -0.377 e. The number of hydroxylamine groups is 1. The number of rotatable bonds is 9. The van der Waals surface area contributed by atoms with Crippen molar-refractivity contribution in [1.29, 1.82) is 0 Å². The van der Waals surface area contributed by atoms with Gasteiger partial charge in [0, 0.05) is 24.9 Å². The fourth-order valence-corrected chi connectivity index (χ4v) is 3.55. The number of hydrogen-bond donors (Lipinski definition) is 2. The number of nitrogens with one attached hydrogen (secondary N) is 1. The first-order valence-corrected chi connectivity index (χ1v) is 9.90. The van der Waals surface area contributed by atoms with Crippen molar-refractivity contribution in [2.45, 2.75) is 31.8 Å². The highest BCUT2D eigenvalue weighted by Gasteiger charge is 2.26. The lowest BCUT2D eigenvalue weighted by molar-refractivity contribution is -0.132. The molecule has 0 bridgehead atoms. The Morgan fingerprint density at radius 1 is 1.10 bits per heavy atom. The van der Waals surface area contributed by atoms with Crippen LogP contribution in [0.4, 0.5) is 4.39 Å². The third-order valence-corrected chi connectivity index (χ3v) is 5.04. The van der Waals surface area contributed by atoms with E-state index in [1.807, 2.05) is 49.5 Å². The van der Waals surface area contributed by atoms with Crippen LogP contribution in [0.2, 0.25) is 0 Å².